The average Bonchev–Trinajstić information content (AvgIpc) is 3.31. The second-order valence-electron chi connectivity index (χ2n) is 9.01. The predicted molar refractivity (Wildman–Crippen MR) is 164 cm³/mol. The molecule has 38 heavy (non-hydrogen) atoms. The highest BCUT2D eigenvalue weighted by Crippen LogP contribution is 2.41. The number of carbonyl (C=O) groups is 1. The fourth-order valence-corrected chi connectivity index (χ4v) is 6.53. The molecule has 1 N–H and O–H groups in total. The maximum absolute atomic E-state index is 13.4. The third kappa shape index (κ3) is 6.27. The van der Waals surface area contributed by atoms with E-state index >= 15 is 0 Å². The van der Waals surface area contributed by atoms with Crippen LogP contribution in [0.4, 0.5) is 10.7 Å². The van der Waals surface area contributed by atoms with Gasteiger partial charge in [-0.05, 0) is 96.2 Å². The van der Waals surface area contributed by atoms with Gasteiger partial charge >= 0.3 is 0 Å². The minimum Gasteiger partial charge on any atom is -0.490 e. The van der Waals surface area contributed by atoms with Crippen molar-refractivity contribution in [3.8, 4) is 11.5 Å². The third-order valence-electron chi connectivity index (χ3n) is 6.30. The molecule has 4 aromatic rings. The van der Waals surface area contributed by atoms with Gasteiger partial charge in [-0.15, -0.1) is 11.3 Å². The standard InChI is InChI=1S/C31H29IN2O3S/c1-2-36-26-18-22(17-25(32)29(26)37-20-21-11-5-3-6-12-21)19-33-31-28(24-15-9-10-16-27(24)38-31)30(35)34-23-13-7-4-8-14-23/h3-8,11-14,17-19H,2,9-10,15-16,20H2,1H3,(H,34,35). The fourth-order valence-electron chi connectivity index (χ4n) is 4.52. The molecule has 0 fully saturated rings. The number of hydrogen-bond acceptors (Lipinski definition) is 5. The van der Waals surface area contributed by atoms with E-state index in [-0.39, 0.29) is 5.91 Å². The highest BCUT2D eigenvalue weighted by Gasteiger charge is 2.25. The predicted octanol–water partition coefficient (Wildman–Crippen LogP) is 8.21. The molecule has 0 saturated heterocycles. The molecular formula is C31H29IN2O3S. The van der Waals surface area contributed by atoms with E-state index in [1.807, 2.05) is 85.9 Å². The van der Waals surface area contributed by atoms with Gasteiger partial charge in [-0.25, -0.2) is 4.99 Å². The molecule has 7 heteroatoms. The van der Waals surface area contributed by atoms with Crippen LogP contribution in [0.3, 0.4) is 0 Å². The van der Waals surface area contributed by atoms with Crippen molar-refractivity contribution in [2.45, 2.75) is 39.2 Å². The molecule has 1 heterocycles. The van der Waals surface area contributed by atoms with Gasteiger partial charge in [-0.2, -0.15) is 0 Å². The van der Waals surface area contributed by atoms with Crippen LogP contribution in [-0.2, 0) is 19.4 Å². The Morgan fingerprint density at radius 2 is 1.76 bits per heavy atom. The molecule has 1 aliphatic carbocycles. The summed E-state index contributed by atoms with van der Waals surface area (Å²) >= 11 is 3.91. The average molecular weight is 637 g/mol. The van der Waals surface area contributed by atoms with Crippen molar-refractivity contribution in [1.82, 2.24) is 0 Å². The first-order valence-electron chi connectivity index (χ1n) is 12.8. The van der Waals surface area contributed by atoms with Crippen LogP contribution >= 0.6 is 33.9 Å². The summed E-state index contributed by atoms with van der Waals surface area (Å²) in [5, 5.41) is 3.81. The molecule has 1 aliphatic rings. The van der Waals surface area contributed by atoms with Crippen molar-refractivity contribution in [2.75, 3.05) is 11.9 Å². The molecule has 0 bridgehead atoms. The van der Waals surface area contributed by atoms with Gasteiger partial charge in [0.1, 0.15) is 11.6 Å². The quantitative estimate of drug-likeness (QED) is 0.149. The number of fused-ring (bicyclic) bond motifs is 1. The zero-order valence-corrected chi connectivity index (χ0v) is 24.2. The summed E-state index contributed by atoms with van der Waals surface area (Å²) in [7, 11) is 0. The lowest BCUT2D eigenvalue weighted by molar-refractivity contribution is 0.102. The smallest absolute Gasteiger partial charge is 0.259 e. The number of halogens is 1. The monoisotopic (exact) mass is 636 g/mol. The first-order chi connectivity index (χ1) is 18.6. The summed E-state index contributed by atoms with van der Waals surface area (Å²) in [6, 6.07) is 23.6. The number of rotatable bonds is 9. The van der Waals surface area contributed by atoms with E-state index in [1.54, 1.807) is 11.3 Å². The molecule has 1 amide bonds. The number of aliphatic imine (C=N–C) groups is 1. The molecule has 0 atom stereocenters. The number of benzene rings is 3. The number of anilines is 1. The molecule has 0 unspecified atom stereocenters. The number of nitrogens with zero attached hydrogens (tertiary/aromatic N) is 1. The summed E-state index contributed by atoms with van der Waals surface area (Å²) in [6.45, 7) is 2.95. The van der Waals surface area contributed by atoms with Crippen LogP contribution in [0.2, 0.25) is 0 Å². The van der Waals surface area contributed by atoms with Crippen LogP contribution < -0.4 is 14.8 Å². The van der Waals surface area contributed by atoms with E-state index in [2.05, 4.69) is 27.9 Å². The number of ether oxygens (including phenoxy) is 2. The van der Waals surface area contributed by atoms with Crippen LogP contribution in [0.15, 0.2) is 77.8 Å². The van der Waals surface area contributed by atoms with Gasteiger partial charge in [0.2, 0.25) is 0 Å². The molecule has 0 saturated carbocycles. The van der Waals surface area contributed by atoms with E-state index in [4.69, 9.17) is 14.5 Å². The Balaban J connectivity index is 1.43. The second-order valence-corrected chi connectivity index (χ2v) is 11.3. The van der Waals surface area contributed by atoms with E-state index in [0.29, 0.717) is 24.5 Å². The minimum absolute atomic E-state index is 0.100. The number of hydrogen-bond donors (Lipinski definition) is 1. The van der Waals surface area contributed by atoms with E-state index in [9.17, 15) is 4.79 Å². The molecule has 194 valence electrons. The summed E-state index contributed by atoms with van der Waals surface area (Å²) in [4.78, 5) is 19.5. The zero-order chi connectivity index (χ0) is 26.3. The second kappa shape index (κ2) is 12.6. The lowest BCUT2D eigenvalue weighted by Gasteiger charge is -2.15. The SMILES string of the molecule is CCOc1cc(C=Nc2sc3c(c2C(=O)Nc2ccccc2)CCCC3)cc(I)c1OCc1ccccc1. The Hall–Kier alpha value is -3.17. The number of para-hydroxylation sites is 1. The third-order valence-corrected chi connectivity index (χ3v) is 8.30. The summed E-state index contributed by atoms with van der Waals surface area (Å²) in [6.07, 6.45) is 5.98. The van der Waals surface area contributed by atoms with Gasteiger partial charge in [0.15, 0.2) is 11.5 Å². The maximum atomic E-state index is 13.4. The summed E-state index contributed by atoms with van der Waals surface area (Å²) in [5.41, 5.74) is 4.62. The van der Waals surface area contributed by atoms with Gasteiger partial charge < -0.3 is 14.8 Å². The Kier molecular flexibility index (Phi) is 8.75. The number of nitrogens with one attached hydrogen (secondary N) is 1. The Labute approximate surface area is 241 Å². The Morgan fingerprint density at radius 3 is 2.53 bits per heavy atom. The van der Waals surface area contributed by atoms with Gasteiger partial charge in [-0.3, -0.25) is 4.79 Å². The molecule has 0 radical (unpaired) electrons. The van der Waals surface area contributed by atoms with Gasteiger partial charge in [-0.1, -0.05) is 48.5 Å². The molecule has 0 aliphatic heterocycles. The van der Waals surface area contributed by atoms with Crippen LogP contribution in [0.25, 0.3) is 0 Å². The highest BCUT2D eigenvalue weighted by atomic mass is 127. The number of aryl methyl sites for hydroxylation is 1. The Morgan fingerprint density at radius 1 is 1.03 bits per heavy atom. The highest BCUT2D eigenvalue weighted by molar-refractivity contribution is 14.1. The lowest BCUT2D eigenvalue weighted by Crippen LogP contribution is -2.14. The first-order valence-corrected chi connectivity index (χ1v) is 14.7. The number of thiophene rings is 1. The molecule has 5 rings (SSSR count). The largest absolute Gasteiger partial charge is 0.490 e. The van der Waals surface area contributed by atoms with Crippen LogP contribution in [0.5, 0.6) is 11.5 Å². The normalized spacial score (nSPS) is 12.8. The van der Waals surface area contributed by atoms with Gasteiger partial charge in [0.05, 0.1) is 15.7 Å². The zero-order valence-electron chi connectivity index (χ0n) is 21.2. The Bertz CT molecular complexity index is 1430. The number of carbonyl (C=O) groups excluding carboxylic acids is 1. The van der Waals surface area contributed by atoms with Crippen molar-refractivity contribution in [2.24, 2.45) is 4.99 Å². The van der Waals surface area contributed by atoms with E-state index in [1.165, 1.54) is 4.88 Å². The van der Waals surface area contributed by atoms with Gasteiger partial charge in [0.25, 0.3) is 5.91 Å². The lowest BCUT2D eigenvalue weighted by atomic mass is 9.95. The van der Waals surface area contributed by atoms with E-state index in [0.717, 1.165) is 62.4 Å². The summed E-state index contributed by atoms with van der Waals surface area (Å²) in [5.74, 6) is 1.31. The molecule has 5 nitrogen and oxygen atoms in total. The minimum atomic E-state index is -0.100. The van der Waals surface area contributed by atoms with Crippen LogP contribution in [0, 0.1) is 3.57 Å². The maximum Gasteiger partial charge on any atom is 0.259 e. The van der Waals surface area contributed by atoms with Gasteiger partial charge in [0, 0.05) is 16.8 Å². The van der Waals surface area contributed by atoms with Crippen molar-refractivity contribution < 1.29 is 14.3 Å². The fraction of sp³-hybridized carbons (Fsp3) is 0.226. The van der Waals surface area contributed by atoms with Crippen molar-refractivity contribution in [3.05, 3.63) is 103 Å². The van der Waals surface area contributed by atoms with Crippen LogP contribution in [0.1, 0.15) is 51.7 Å². The number of amides is 1. The molecule has 0 spiro atoms. The molecule has 3 aromatic carbocycles. The summed E-state index contributed by atoms with van der Waals surface area (Å²) < 4.78 is 13.0. The topological polar surface area (TPSA) is 59.9 Å². The molecular weight excluding hydrogens is 607 g/mol. The van der Waals surface area contributed by atoms with Crippen molar-refractivity contribution in [1.29, 1.82) is 0 Å². The van der Waals surface area contributed by atoms with Crippen molar-refractivity contribution >= 4 is 56.7 Å². The first kappa shape index (κ1) is 26.4. The van der Waals surface area contributed by atoms with E-state index < -0.39 is 0 Å². The molecule has 1 aromatic heterocycles. The van der Waals surface area contributed by atoms with Crippen molar-refractivity contribution in [3.63, 3.8) is 0 Å². The van der Waals surface area contributed by atoms with Crippen LogP contribution in [-0.4, -0.2) is 18.7 Å².